The molecule has 2 aromatic carbocycles. The number of aryl methyl sites for hydroxylation is 1. The molecule has 0 saturated heterocycles. The molecule has 2 N–H and O–H groups in total. The van der Waals surface area contributed by atoms with Gasteiger partial charge in [0.2, 0.25) is 5.91 Å². The van der Waals surface area contributed by atoms with Crippen molar-refractivity contribution in [3.8, 4) is 0 Å². The minimum Gasteiger partial charge on any atom is -0.481 e. The first-order chi connectivity index (χ1) is 12.4. The number of carboxylic acids is 1. The second-order valence-corrected chi connectivity index (χ2v) is 6.60. The molecule has 0 bridgehead atoms. The van der Waals surface area contributed by atoms with Crippen LogP contribution in [0, 0.1) is 11.6 Å². The van der Waals surface area contributed by atoms with E-state index in [-0.39, 0.29) is 17.9 Å². The molecule has 2 aromatic rings. The smallest absolute Gasteiger partial charge is 0.303 e. The van der Waals surface area contributed by atoms with Crippen molar-refractivity contribution in [2.45, 2.75) is 37.5 Å². The van der Waals surface area contributed by atoms with Crippen LogP contribution in [0.1, 0.15) is 36.8 Å². The molecule has 1 saturated carbocycles. The number of rotatable bonds is 6. The van der Waals surface area contributed by atoms with Crippen LogP contribution in [0.2, 0.25) is 0 Å². The molecule has 0 atom stereocenters. The van der Waals surface area contributed by atoms with E-state index in [9.17, 15) is 18.4 Å². The first kappa shape index (κ1) is 18.0. The minimum atomic E-state index is -0.972. The Labute approximate surface area is 149 Å². The highest BCUT2D eigenvalue weighted by Gasteiger charge is 2.47. The van der Waals surface area contributed by atoms with Gasteiger partial charge in [-0.25, -0.2) is 8.78 Å². The number of hydrogen-bond acceptors (Lipinski definition) is 2. The summed E-state index contributed by atoms with van der Waals surface area (Å²) in [6, 6.07) is 10.2. The normalized spacial score (nSPS) is 15.2. The largest absolute Gasteiger partial charge is 0.481 e. The van der Waals surface area contributed by atoms with Crippen LogP contribution in [-0.4, -0.2) is 17.0 Å². The fourth-order valence-electron chi connectivity index (χ4n) is 3.28. The minimum absolute atomic E-state index is 0.0403. The lowest BCUT2D eigenvalue weighted by atomic mass is 9.63. The second-order valence-electron chi connectivity index (χ2n) is 6.60. The van der Waals surface area contributed by atoms with Gasteiger partial charge in [0.1, 0.15) is 11.6 Å². The SMILES string of the molecule is O=C(O)CCc1ccc(NC(=O)C2(c3ccc(F)cc3F)CCC2)cc1. The van der Waals surface area contributed by atoms with Gasteiger partial charge in [0.25, 0.3) is 0 Å². The van der Waals surface area contributed by atoms with Gasteiger partial charge in [-0.3, -0.25) is 9.59 Å². The first-order valence-corrected chi connectivity index (χ1v) is 8.48. The van der Waals surface area contributed by atoms with Crippen molar-refractivity contribution in [1.29, 1.82) is 0 Å². The van der Waals surface area contributed by atoms with E-state index in [1.165, 1.54) is 12.1 Å². The van der Waals surface area contributed by atoms with Gasteiger partial charge < -0.3 is 10.4 Å². The summed E-state index contributed by atoms with van der Waals surface area (Å²) in [4.78, 5) is 23.4. The number of hydrogen-bond donors (Lipinski definition) is 2. The van der Waals surface area contributed by atoms with Gasteiger partial charge in [-0.15, -0.1) is 0 Å². The van der Waals surface area contributed by atoms with Gasteiger partial charge >= 0.3 is 5.97 Å². The van der Waals surface area contributed by atoms with Crippen molar-refractivity contribution in [3.63, 3.8) is 0 Å². The van der Waals surface area contributed by atoms with E-state index >= 15 is 0 Å². The van der Waals surface area contributed by atoms with Crippen LogP contribution in [0.5, 0.6) is 0 Å². The summed E-state index contributed by atoms with van der Waals surface area (Å²) in [6.45, 7) is 0. The van der Waals surface area contributed by atoms with E-state index in [4.69, 9.17) is 5.11 Å². The standard InChI is InChI=1S/C20H19F2NO3/c21-14-5-8-16(17(22)12-14)20(10-1-11-20)19(26)23-15-6-2-13(3-7-15)4-9-18(24)25/h2-3,5-8,12H,1,4,9-11H2,(H,23,26)(H,24,25). The monoisotopic (exact) mass is 359 g/mol. The van der Waals surface area contributed by atoms with Crippen molar-refractivity contribution < 1.29 is 23.5 Å². The maximum Gasteiger partial charge on any atom is 0.303 e. The Hall–Kier alpha value is -2.76. The quantitative estimate of drug-likeness (QED) is 0.818. The van der Waals surface area contributed by atoms with E-state index < -0.39 is 23.0 Å². The van der Waals surface area contributed by atoms with Gasteiger partial charge in [-0.05, 0) is 43.0 Å². The number of benzene rings is 2. The van der Waals surface area contributed by atoms with Gasteiger partial charge in [0.05, 0.1) is 5.41 Å². The predicted molar refractivity (Wildman–Crippen MR) is 92.9 cm³/mol. The number of anilines is 1. The maximum absolute atomic E-state index is 14.2. The molecule has 1 aliphatic rings. The third-order valence-electron chi connectivity index (χ3n) is 4.93. The molecule has 0 radical (unpaired) electrons. The van der Waals surface area contributed by atoms with E-state index in [0.29, 0.717) is 24.9 Å². The van der Waals surface area contributed by atoms with E-state index in [0.717, 1.165) is 18.1 Å². The molecule has 0 unspecified atom stereocenters. The van der Waals surface area contributed by atoms with Crippen LogP contribution in [-0.2, 0) is 21.4 Å². The summed E-state index contributed by atoms with van der Waals surface area (Å²) >= 11 is 0. The zero-order valence-electron chi connectivity index (χ0n) is 14.1. The van der Waals surface area contributed by atoms with Crippen LogP contribution < -0.4 is 5.32 Å². The van der Waals surface area contributed by atoms with E-state index in [2.05, 4.69) is 5.32 Å². The lowest BCUT2D eigenvalue weighted by Crippen LogP contribution is -2.46. The highest BCUT2D eigenvalue weighted by Crippen LogP contribution is 2.45. The average molecular weight is 359 g/mol. The van der Waals surface area contributed by atoms with Gasteiger partial charge in [0, 0.05) is 23.7 Å². The second kappa shape index (κ2) is 7.23. The maximum atomic E-state index is 14.2. The highest BCUT2D eigenvalue weighted by atomic mass is 19.1. The third-order valence-corrected chi connectivity index (χ3v) is 4.93. The van der Waals surface area contributed by atoms with Gasteiger partial charge in [0.15, 0.2) is 0 Å². The molecule has 1 aliphatic carbocycles. The van der Waals surface area contributed by atoms with Crippen LogP contribution in [0.3, 0.4) is 0 Å². The fourth-order valence-corrected chi connectivity index (χ4v) is 3.28. The average Bonchev–Trinajstić information content (AvgIpc) is 2.55. The van der Waals surface area contributed by atoms with Crippen LogP contribution in [0.4, 0.5) is 14.5 Å². The number of amides is 1. The molecule has 26 heavy (non-hydrogen) atoms. The molecule has 3 rings (SSSR count). The molecule has 1 amide bonds. The summed E-state index contributed by atoms with van der Waals surface area (Å²) in [6.07, 6.45) is 2.28. The van der Waals surface area contributed by atoms with Crippen LogP contribution in [0.25, 0.3) is 0 Å². The number of aliphatic carboxylic acids is 1. The van der Waals surface area contributed by atoms with Crippen LogP contribution in [0.15, 0.2) is 42.5 Å². The molecule has 0 aromatic heterocycles. The Bertz CT molecular complexity index is 829. The Kier molecular flexibility index (Phi) is 5.02. The zero-order chi connectivity index (χ0) is 18.7. The molecule has 0 heterocycles. The zero-order valence-corrected chi connectivity index (χ0v) is 14.1. The number of carboxylic acid groups (broad SMARTS) is 1. The number of carbonyl (C=O) groups excluding carboxylic acids is 1. The third kappa shape index (κ3) is 3.59. The molecule has 6 heteroatoms. The Morgan fingerprint density at radius 2 is 1.77 bits per heavy atom. The van der Waals surface area contributed by atoms with Crippen molar-refractivity contribution in [3.05, 3.63) is 65.2 Å². The summed E-state index contributed by atoms with van der Waals surface area (Å²) in [5.74, 6) is -2.55. The topological polar surface area (TPSA) is 66.4 Å². The predicted octanol–water partition coefficient (Wildman–Crippen LogP) is 4.04. The number of nitrogens with one attached hydrogen (secondary N) is 1. The van der Waals surface area contributed by atoms with Crippen molar-refractivity contribution in [2.24, 2.45) is 0 Å². The molecule has 0 aliphatic heterocycles. The Morgan fingerprint density at radius 1 is 1.08 bits per heavy atom. The van der Waals surface area contributed by atoms with Crippen molar-refractivity contribution in [2.75, 3.05) is 5.32 Å². The summed E-state index contributed by atoms with van der Waals surface area (Å²) in [7, 11) is 0. The lowest BCUT2D eigenvalue weighted by molar-refractivity contribution is -0.137. The van der Waals surface area contributed by atoms with Gasteiger partial charge in [-0.2, -0.15) is 0 Å². The number of carbonyl (C=O) groups is 2. The molecular formula is C20H19F2NO3. The summed E-state index contributed by atoms with van der Waals surface area (Å²) in [5.41, 5.74) is 0.664. The molecular weight excluding hydrogens is 340 g/mol. The fraction of sp³-hybridized carbons (Fsp3) is 0.300. The van der Waals surface area contributed by atoms with Gasteiger partial charge in [-0.1, -0.05) is 24.6 Å². The molecule has 136 valence electrons. The highest BCUT2D eigenvalue weighted by molar-refractivity contribution is 6.00. The van der Waals surface area contributed by atoms with Crippen LogP contribution >= 0.6 is 0 Å². The Balaban J connectivity index is 1.74. The van der Waals surface area contributed by atoms with E-state index in [1.54, 1.807) is 24.3 Å². The molecule has 1 fully saturated rings. The first-order valence-electron chi connectivity index (χ1n) is 8.48. The molecule has 4 nitrogen and oxygen atoms in total. The molecule has 0 spiro atoms. The lowest BCUT2D eigenvalue weighted by Gasteiger charge is -2.40. The Morgan fingerprint density at radius 3 is 2.31 bits per heavy atom. The van der Waals surface area contributed by atoms with E-state index in [1.807, 2.05) is 0 Å². The number of halogens is 2. The van der Waals surface area contributed by atoms with Crippen molar-refractivity contribution in [1.82, 2.24) is 0 Å². The summed E-state index contributed by atoms with van der Waals surface area (Å²) < 4.78 is 27.4. The summed E-state index contributed by atoms with van der Waals surface area (Å²) in [5, 5.41) is 11.5. The van der Waals surface area contributed by atoms with Crippen molar-refractivity contribution >= 4 is 17.6 Å².